The van der Waals surface area contributed by atoms with E-state index in [-0.39, 0.29) is 12.3 Å². The lowest BCUT2D eigenvalue weighted by molar-refractivity contribution is -0.116. The SMILES string of the molecule is Cc1ccccc1C(CC(=O)Nc1ccc(N2CCCCC2)c2ccncc12)NC(N)=O. The molecule has 2 aromatic carbocycles. The van der Waals surface area contributed by atoms with Gasteiger partial charge in [0.15, 0.2) is 0 Å². The van der Waals surface area contributed by atoms with Gasteiger partial charge in [-0.2, -0.15) is 0 Å². The molecule has 1 saturated heterocycles. The highest BCUT2D eigenvalue weighted by molar-refractivity contribution is 6.06. The van der Waals surface area contributed by atoms with Gasteiger partial charge in [0, 0.05) is 41.9 Å². The Morgan fingerprint density at radius 2 is 1.84 bits per heavy atom. The van der Waals surface area contributed by atoms with Crippen LogP contribution in [0.15, 0.2) is 54.9 Å². The van der Waals surface area contributed by atoms with E-state index < -0.39 is 12.1 Å². The van der Waals surface area contributed by atoms with Crippen LogP contribution in [0.25, 0.3) is 10.8 Å². The van der Waals surface area contributed by atoms with Crippen molar-refractivity contribution in [3.05, 3.63) is 66.0 Å². The van der Waals surface area contributed by atoms with Crippen LogP contribution < -0.4 is 21.3 Å². The Kier molecular flexibility index (Phi) is 6.54. The van der Waals surface area contributed by atoms with Crippen LogP contribution in [-0.4, -0.2) is 30.0 Å². The van der Waals surface area contributed by atoms with Crippen molar-refractivity contribution in [1.29, 1.82) is 0 Å². The predicted octanol–water partition coefficient (Wildman–Crippen LogP) is 4.27. The van der Waals surface area contributed by atoms with Crippen LogP contribution in [-0.2, 0) is 4.79 Å². The first-order valence-electron chi connectivity index (χ1n) is 11.1. The number of carbonyl (C=O) groups excluding carboxylic acids is 2. The quantitative estimate of drug-likeness (QED) is 0.542. The summed E-state index contributed by atoms with van der Waals surface area (Å²) in [7, 11) is 0. The Balaban J connectivity index is 1.58. The Morgan fingerprint density at radius 1 is 1.06 bits per heavy atom. The van der Waals surface area contributed by atoms with Crippen LogP contribution in [0.3, 0.4) is 0 Å². The van der Waals surface area contributed by atoms with Crippen molar-refractivity contribution in [2.45, 2.75) is 38.6 Å². The number of carbonyl (C=O) groups is 2. The number of aryl methyl sites for hydroxylation is 1. The van der Waals surface area contributed by atoms with Crippen molar-refractivity contribution < 1.29 is 9.59 Å². The summed E-state index contributed by atoms with van der Waals surface area (Å²) in [5.41, 5.74) is 9.11. The molecular formula is C25H29N5O2. The average Bonchev–Trinajstić information content (AvgIpc) is 2.79. The van der Waals surface area contributed by atoms with E-state index in [1.807, 2.05) is 43.3 Å². The van der Waals surface area contributed by atoms with Gasteiger partial charge in [-0.25, -0.2) is 4.79 Å². The van der Waals surface area contributed by atoms with Gasteiger partial charge >= 0.3 is 6.03 Å². The van der Waals surface area contributed by atoms with Gasteiger partial charge in [0.05, 0.1) is 18.2 Å². The van der Waals surface area contributed by atoms with Crippen molar-refractivity contribution in [2.24, 2.45) is 5.73 Å². The fraction of sp³-hybridized carbons (Fsp3) is 0.320. The molecule has 0 saturated carbocycles. The number of hydrogen-bond donors (Lipinski definition) is 3. The second-order valence-corrected chi connectivity index (χ2v) is 8.27. The molecule has 1 atom stereocenters. The molecule has 3 aromatic rings. The first kappa shape index (κ1) is 21.6. The van der Waals surface area contributed by atoms with E-state index in [0.717, 1.165) is 35.0 Å². The maximum Gasteiger partial charge on any atom is 0.312 e. The molecule has 1 unspecified atom stereocenters. The van der Waals surface area contributed by atoms with Crippen LogP contribution in [0.4, 0.5) is 16.2 Å². The largest absolute Gasteiger partial charge is 0.371 e. The van der Waals surface area contributed by atoms with Crippen molar-refractivity contribution in [3.63, 3.8) is 0 Å². The molecule has 7 nitrogen and oxygen atoms in total. The lowest BCUT2D eigenvalue weighted by Gasteiger charge is -2.30. The van der Waals surface area contributed by atoms with E-state index in [9.17, 15) is 9.59 Å². The molecule has 1 aliphatic rings. The van der Waals surface area contributed by atoms with Crippen LogP contribution in [0.5, 0.6) is 0 Å². The fourth-order valence-electron chi connectivity index (χ4n) is 4.47. The molecule has 0 aliphatic carbocycles. The monoisotopic (exact) mass is 431 g/mol. The molecule has 0 bridgehead atoms. The summed E-state index contributed by atoms with van der Waals surface area (Å²) >= 11 is 0. The number of pyridine rings is 1. The average molecular weight is 432 g/mol. The lowest BCUT2D eigenvalue weighted by atomic mass is 9.98. The summed E-state index contributed by atoms with van der Waals surface area (Å²) < 4.78 is 0. The molecule has 166 valence electrons. The summed E-state index contributed by atoms with van der Waals surface area (Å²) in [6.45, 7) is 4.03. The Bertz CT molecular complexity index is 1120. The van der Waals surface area contributed by atoms with Crippen LogP contribution in [0, 0.1) is 6.92 Å². The highest BCUT2D eigenvalue weighted by Gasteiger charge is 2.20. The second-order valence-electron chi connectivity index (χ2n) is 8.27. The molecule has 3 amide bonds. The second kappa shape index (κ2) is 9.68. The number of rotatable bonds is 6. The van der Waals surface area contributed by atoms with Crippen molar-refractivity contribution in [1.82, 2.24) is 10.3 Å². The number of hydrogen-bond acceptors (Lipinski definition) is 4. The van der Waals surface area contributed by atoms with Gasteiger partial charge in [0.25, 0.3) is 0 Å². The van der Waals surface area contributed by atoms with E-state index in [2.05, 4.69) is 26.6 Å². The standard InChI is InChI=1S/C25H29N5O2/c1-17-7-3-4-8-18(17)22(29-25(26)32)15-24(31)28-21-9-10-23(30-13-5-2-6-14-30)19-11-12-27-16-20(19)21/h3-4,7-12,16,22H,2,5-6,13-15H2,1H3,(H,28,31)(H3,26,29,32). The zero-order valence-electron chi connectivity index (χ0n) is 18.3. The molecule has 0 radical (unpaired) electrons. The van der Waals surface area contributed by atoms with E-state index in [1.165, 1.54) is 24.9 Å². The number of anilines is 2. The molecule has 1 aliphatic heterocycles. The van der Waals surface area contributed by atoms with Gasteiger partial charge in [0.2, 0.25) is 5.91 Å². The molecule has 7 heteroatoms. The van der Waals surface area contributed by atoms with Gasteiger partial charge in [0.1, 0.15) is 0 Å². The van der Waals surface area contributed by atoms with Gasteiger partial charge in [-0.1, -0.05) is 24.3 Å². The summed E-state index contributed by atoms with van der Waals surface area (Å²) in [4.78, 5) is 31.2. The van der Waals surface area contributed by atoms with Crippen LogP contribution >= 0.6 is 0 Å². The predicted molar refractivity (Wildman–Crippen MR) is 128 cm³/mol. The number of piperidine rings is 1. The minimum Gasteiger partial charge on any atom is -0.371 e. The molecule has 4 rings (SSSR count). The third-order valence-corrected chi connectivity index (χ3v) is 6.04. The van der Waals surface area contributed by atoms with E-state index >= 15 is 0 Å². The zero-order valence-corrected chi connectivity index (χ0v) is 18.3. The van der Waals surface area contributed by atoms with E-state index in [0.29, 0.717) is 5.69 Å². The van der Waals surface area contributed by atoms with E-state index in [4.69, 9.17) is 5.73 Å². The minimum absolute atomic E-state index is 0.0728. The maximum atomic E-state index is 13.0. The highest BCUT2D eigenvalue weighted by Crippen LogP contribution is 2.33. The number of nitrogens with two attached hydrogens (primary N) is 1. The minimum atomic E-state index is -0.661. The van der Waals surface area contributed by atoms with Crippen molar-refractivity contribution >= 4 is 34.1 Å². The molecule has 2 heterocycles. The molecular weight excluding hydrogens is 402 g/mol. The zero-order chi connectivity index (χ0) is 22.5. The third-order valence-electron chi connectivity index (χ3n) is 6.04. The van der Waals surface area contributed by atoms with Crippen molar-refractivity contribution in [3.8, 4) is 0 Å². The Hall–Kier alpha value is -3.61. The normalized spacial score (nSPS) is 14.7. The molecule has 1 fully saturated rings. The highest BCUT2D eigenvalue weighted by atomic mass is 16.2. The number of benzene rings is 2. The van der Waals surface area contributed by atoms with Crippen LogP contribution in [0.1, 0.15) is 42.9 Å². The van der Waals surface area contributed by atoms with Gasteiger partial charge in [-0.3, -0.25) is 9.78 Å². The number of nitrogens with zero attached hydrogens (tertiary/aromatic N) is 2. The Morgan fingerprint density at radius 3 is 2.59 bits per heavy atom. The first-order valence-corrected chi connectivity index (χ1v) is 11.1. The van der Waals surface area contributed by atoms with Gasteiger partial charge < -0.3 is 21.3 Å². The maximum absolute atomic E-state index is 13.0. The summed E-state index contributed by atoms with van der Waals surface area (Å²) in [5.74, 6) is -0.206. The van der Waals surface area contributed by atoms with E-state index in [1.54, 1.807) is 12.4 Å². The van der Waals surface area contributed by atoms with Gasteiger partial charge in [-0.05, 0) is 55.5 Å². The summed E-state index contributed by atoms with van der Waals surface area (Å²) in [5, 5.41) is 7.70. The number of primary amides is 1. The summed E-state index contributed by atoms with van der Waals surface area (Å²) in [6.07, 6.45) is 7.30. The molecule has 32 heavy (non-hydrogen) atoms. The number of urea groups is 1. The third kappa shape index (κ3) is 4.82. The number of nitrogens with one attached hydrogen (secondary N) is 2. The summed E-state index contributed by atoms with van der Waals surface area (Å²) in [6, 6.07) is 12.5. The first-order chi connectivity index (χ1) is 15.5. The number of fused-ring (bicyclic) bond motifs is 1. The molecule has 0 spiro atoms. The molecule has 1 aromatic heterocycles. The van der Waals surface area contributed by atoms with Gasteiger partial charge in [-0.15, -0.1) is 0 Å². The molecule has 4 N–H and O–H groups in total. The topological polar surface area (TPSA) is 100 Å². The van der Waals surface area contributed by atoms with Crippen LogP contribution in [0.2, 0.25) is 0 Å². The number of amides is 3. The lowest BCUT2D eigenvalue weighted by Crippen LogP contribution is -2.35. The van der Waals surface area contributed by atoms with Crippen molar-refractivity contribution in [2.75, 3.05) is 23.3 Å². The smallest absolute Gasteiger partial charge is 0.312 e. The Labute approximate surface area is 188 Å². The number of aromatic nitrogens is 1. The fourth-order valence-corrected chi connectivity index (χ4v) is 4.47.